The van der Waals surface area contributed by atoms with Gasteiger partial charge in [-0.05, 0) is 19.1 Å². The Morgan fingerprint density at radius 1 is 1.47 bits per heavy atom. The molecule has 1 atom stereocenters. The van der Waals surface area contributed by atoms with Gasteiger partial charge in [0.15, 0.2) is 11.3 Å². The van der Waals surface area contributed by atoms with E-state index in [1.165, 1.54) is 0 Å². The molecule has 0 bridgehead atoms. The van der Waals surface area contributed by atoms with E-state index in [4.69, 9.17) is 14.3 Å². The van der Waals surface area contributed by atoms with Crippen molar-refractivity contribution in [2.45, 2.75) is 19.6 Å². The molecule has 0 spiro atoms. The van der Waals surface area contributed by atoms with Gasteiger partial charge in [-0.15, -0.1) is 0 Å². The monoisotopic (exact) mass is 235 g/mol. The third-order valence-electron chi connectivity index (χ3n) is 2.52. The molecule has 0 fully saturated rings. The van der Waals surface area contributed by atoms with E-state index in [0.29, 0.717) is 13.1 Å². The Kier molecular flexibility index (Phi) is 3.66. The Labute approximate surface area is 100 Å². The van der Waals surface area contributed by atoms with Crippen molar-refractivity contribution in [3.8, 4) is 5.75 Å². The number of methoxy groups -OCH3 is 1. The van der Waals surface area contributed by atoms with Gasteiger partial charge in [-0.1, -0.05) is 12.1 Å². The summed E-state index contributed by atoms with van der Waals surface area (Å²) in [6, 6.07) is 7.77. The Morgan fingerprint density at radius 2 is 2.29 bits per heavy atom. The summed E-state index contributed by atoms with van der Waals surface area (Å²) in [5.41, 5.74) is 0.767. The van der Waals surface area contributed by atoms with Gasteiger partial charge in [0.1, 0.15) is 5.76 Å². The maximum Gasteiger partial charge on any atom is 0.176 e. The van der Waals surface area contributed by atoms with E-state index < -0.39 is 0 Å². The second-order valence-corrected chi connectivity index (χ2v) is 4.07. The van der Waals surface area contributed by atoms with E-state index in [2.05, 4.69) is 5.32 Å². The van der Waals surface area contributed by atoms with Crippen LogP contribution in [0.4, 0.5) is 0 Å². The summed E-state index contributed by atoms with van der Waals surface area (Å²) in [5, 5.41) is 13.3. The molecule has 4 nitrogen and oxygen atoms in total. The first kappa shape index (κ1) is 12.0. The average molecular weight is 235 g/mol. The SMILES string of the molecule is COc1cccc2cc(CNCC(C)O)oc12. The number of furan rings is 1. The Bertz CT molecular complexity index is 490. The molecule has 0 aliphatic heterocycles. The maximum atomic E-state index is 9.14. The quantitative estimate of drug-likeness (QED) is 0.831. The number of fused-ring (bicyclic) bond motifs is 1. The van der Waals surface area contributed by atoms with E-state index in [9.17, 15) is 0 Å². The van der Waals surface area contributed by atoms with Crippen LogP contribution in [0.15, 0.2) is 28.7 Å². The molecular weight excluding hydrogens is 218 g/mol. The van der Waals surface area contributed by atoms with Gasteiger partial charge in [-0.3, -0.25) is 0 Å². The van der Waals surface area contributed by atoms with Crippen molar-refractivity contribution in [1.82, 2.24) is 5.32 Å². The van der Waals surface area contributed by atoms with E-state index in [1.807, 2.05) is 24.3 Å². The molecule has 1 aromatic carbocycles. The van der Waals surface area contributed by atoms with Gasteiger partial charge in [-0.25, -0.2) is 0 Å². The van der Waals surface area contributed by atoms with Crippen molar-refractivity contribution in [2.75, 3.05) is 13.7 Å². The topological polar surface area (TPSA) is 54.6 Å². The lowest BCUT2D eigenvalue weighted by Gasteiger charge is -2.04. The normalized spacial score (nSPS) is 12.9. The minimum absolute atomic E-state index is 0.353. The minimum atomic E-state index is -0.353. The van der Waals surface area contributed by atoms with Crippen LogP contribution in [-0.4, -0.2) is 24.9 Å². The molecule has 2 rings (SSSR count). The molecule has 0 saturated heterocycles. The van der Waals surface area contributed by atoms with Gasteiger partial charge in [0, 0.05) is 11.9 Å². The summed E-state index contributed by atoms with van der Waals surface area (Å²) in [7, 11) is 1.63. The first-order chi connectivity index (χ1) is 8.20. The van der Waals surface area contributed by atoms with Crippen LogP contribution >= 0.6 is 0 Å². The number of hydrogen-bond donors (Lipinski definition) is 2. The summed E-state index contributed by atoms with van der Waals surface area (Å²) in [6.07, 6.45) is -0.353. The summed E-state index contributed by atoms with van der Waals surface area (Å²) in [4.78, 5) is 0. The molecule has 0 aliphatic rings. The molecule has 0 aliphatic carbocycles. The minimum Gasteiger partial charge on any atom is -0.493 e. The van der Waals surface area contributed by atoms with E-state index >= 15 is 0 Å². The molecule has 2 aromatic rings. The van der Waals surface area contributed by atoms with Crippen molar-refractivity contribution in [2.24, 2.45) is 0 Å². The average Bonchev–Trinajstić information content (AvgIpc) is 2.70. The molecule has 0 saturated carbocycles. The number of para-hydroxylation sites is 1. The lowest BCUT2D eigenvalue weighted by Crippen LogP contribution is -2.23. The van der Waals surface area contributed by atoms with Crippen molar-refractivity contribution < 1.29 is 14.3 Å². The van der Waals surface area contributed by atoms with Crippen molar-refractivity contribution in [1.29, 1.82) is 0 Å². The van der Waals surface area contributed by atoms with Crippen LogP contribution in [-0.2, 0) is 6.54 Å². The summed E-state index contributed by atoms with van der Waals surface area (Å²) >= 11 is 0. The molecule has 1 unspecified atom stereocenters. The number of ether oxygens (including phenoxy) is 1. The fourth-order valence-electron chi connectivity index (χ4n) is 1.74. The first-order valence-electron chi connectivity index (χ1n) is 5.65. The van der Waals surface area contributed by atoms with Crippen molar-refractivity contribution >= 4 is 11.0 Å². The molecule has 17 heavy (non-hydrogen) atoms. The third-order valence-corrected chi connectivity index (χ3v) is 2.52. The standard InChI is InChI=1S/C13H17NO3/c1-9(15)7-14-8-11-6-10-4-3-5-12(16-2)13(10)17-11/h3-6,9,14-15H,7-8H2,1-2H3. The predicted octanol–water partition coefficient (Wildman–Crippen LogP) is 1.91. The van der Waals surface area contributed by atoms with Gasteiger partial charge < -0.3 is 19.6 Å². The molecule has 92 valence electrons. The van der Waals surface area contributed by atoms with Gasteiger partial charge in [-0.2, -0.15) is 0 Å². The predicted molar refractivity (Wildman–Crippen MR) is 66.2 cm³/mol. The van der Waals surface area contributed by atoms with Crippen molar-refractivity contribution in [3.63, 3.8) is 0 Å². The molecular formula is C13H17NO3. The number of nitrogens with one attached hydrogen (secondary N) is 1. The highest BCUT2D eigenvalue weighted by molar-refractivity contribution is 5.83. The summed E-state index contributed by atoms with van der Waals surface area (Å²) in [5.74, 6) is 1.58. The van der Waals surface area contributed by atoms with Crippen LogP contribution in [0.2, 0.25) is 0 Å². The maximum absolute atomic E-state index is 9.14. The van der Waals surface area contributed by atoms with Gasteiger partial charge in [0.2, 0.25) is 0 Å². The smallest absolute Gasteiger partial charge is 0.176 e. The Balaban J connectivity index is 2.14. The zero-order chi connectivity index (χ0) is 12.3. The van der Waals surface area contributed by atoms with Crippen molar-refractivity contribution in [3.05, 3.63) is 30.0 Å². The summed E-state index contributed by atoms with van der Waals surface area (Å²) in [6.45, 7) is 2.89. The van der Waals surface area contributed by atoms with E-state index in [1.54, 1.807) is 14.0 Å². The largest absolute Gasteiger partial charge is 0.493 e. The van der Waals surface area contributed by atoms with Crippen LogP contribution in [0.5, 0.6) is 5.75 Å². The molecule has 0 radical (unpaired) electrons. The second-order valence-electron chi connectivity index (χ2n) is 4.07. The zero-order valence-electron chi connectivity index (χ0n) is 10.1. The Hall–Kier alpha value is -1.52. The number of benzene rings is 1. The van der Waals surface area contributed by atoms with Crippen LogP contribution in [0, 0.1) is 0 Å². The van der Waals surface area contributed by atoms with Crippen LogP contribution in [0.25, 0.3) is 11.0 Å². The van der Waals surface area contributed by atoms with E-state index in [-0.39, 0.29) is 6.10 Å². The third kappa shape index (κ3) is 2.78. The fourth-order valence-corrected chi connectivity index (χ4v) is 1.74. The van der Waals surface area contributed by atoms with Gasteiger partial charge in [0.05, 0.1) is 19.8 Å². The van der Waals surface area contributed by atoms with Gasteiger partial charge >= 0.3 is 0 Å². The first-order valence-corrected chi connectivity index (χ1v) is 5.65. The Morgan fingerprint density at radius 3 is 3.00 bits per heavy atom. The highest BCUT2D eigenvalue weighted by Crippen LogP contribution is 2.28. The number of aliphatic hydroxyl groups is 1. The molecule has 2 N–H and O–H groups in total. The molecule has 1 heterocycles. The van der Waals surface area contributed by atoms with Crippen LogP contribution in [0.3, 0.4) is 0 Å². The number of hydrogen-bond acceptors (Lipinski definition) is 4. The molecule has 0 amide bonds. The van der Waals surface area contributed by atoms with E-state index in [0.717, 1.165) is 22.5 Å². The number of aliphatic hydroxyl groups excluding tert-OH is 1. The van der Waals surface area contributed by atoms with Gasteiger partial charge in [0.25, 0.3) is 0 Å². The molecule has 1 aromatic heterocycles. The highest BCUT2D eigenvalue weighted by Gasteiger charge is 2.08. The second kappa shape index (κ2) is 5.21. The van der Waals surface area contributed by atoms with Crippen LogP contribution in [0.1, 0.15) is 12.7 Å². The zero-order valence-corrected chi connectivity index (χ0v) is 10.1. The lowest BCUT2D eigenvalue weighted by molar-refractivity contribution is 0.190. The lowest BCUT2D eigenvalue weighted by atomic mass is 10.2. The fraction of sp³-hybridized carbons (Fsp3) is 0.385. The number of rotatable bonds is 5. The van der Waals surface area contributed by atoms with Crippen LogP contribution < -0.4 is 10.1 Å². The highest BCUT2D eigenvalue weighted by atomic mass is 16.5. The molecule has 4 heteroatoms. The summed E-state index contributed by atoms with van der Waals surface area (Å²) < 4.78 is 10.9.